The van der Waals surface area contributed by atoms with Crippen LogP contribution in [0.4, 0.5) is 0 Å². The Bertz CT molecular complexity index is 353. The monoisotopic (exact) mass is 240 g/mol. The molecule has 0 N–H and O–H groups in total. The van der Waals surface area contributed by atoms with E-state index in [2.05, 4.69) is 52.8 Å². The third-order valence-electron chi connectivity index (χ3n) is 2.24. The molecule has 0 fully saturated rings. The van der Waals surface area contributed by atoms with Crippen LogP contribution < -0.4 is 0 Å². The van der Waals surface area contributed by atoms with Gasteiger partial charge in [-0.25, -0.2) is 0 Å². The highest BCUT2D eigenvalue weighted by molar-refractivity contribution is 7.99. The highest BCUT2D eigenvalue weighted by Crippen LogP contribution is 2.34. The summed E-state index contributed by atoms with van der Waals surface area (Å²) in [6, 6.07) is 0. The van der Waals surface area contributed by atoms with E-state index in [0.717, 1.165) is 5.75 Å². The van der Waals surface area contributed by atoms with Gasteiger partial charge in [-0.2, -0.15) is 5.10 Å². The van der Waals surface area contributed by atoms with Gasteiger partial charge in [0.05, 0.1) is 0 Å². The first-order chi connectivity index (χ1) is 7.09. The molecule has 0 bridgehead atoms. The third kappa shape index (κ3) is 3.85. The van der Waals surface area contributed by atoms with E-state index in [9.17, 15) is 0 Å². The van der Waals surface area contributed by atoms with Crippen molar-refractivity contribution in [3.63, 3.8) is 0 Å². The maximum atomic E-state index is 4.56. The molecule has 0 atom stereocenters. The van der Waals surface area contributed by atoms with E-state index in [-0.39, 0.29) is 5.41 Å². The van der Waals surface area contributed by atoms with Crippen molar-refractivity contribution in [2.24, 2.45) is 12.5 Å². The number of nitrogens with zero attached hydrogens (tertiary/aromatic N) is 2. The molecule has 2 nitrogen and oxygen atoms in total. The van der Waals surface area contributed by atoms with Crippen molar-refractivity contribution in [1.29, 1.82) is 0 Å². The molecule has 92 valence electrons. The maximum Gasteiger partial charge on any atom is 0.122 e. The lowest BCUT2D eigenvalue weighted by molar-refractivity contribution is 0.480. The van der Waals surface area contributed by atoms with Crippen LogP contribution in [-0.2, 0) is 12.5 Å². The van der Waals surface area contributed by atoms with Gasteiger partial charge in [0.25, 0.3) is 0 Å². The van der Waals surface area contributed by atoms with Crippen molar-refractivity contribution in [1.82, 2.24) is 9.78 Å². The molecule has 3 heteroatoms. The average molecular weight is 240 g/mol. The Morgan fingerprint density at radius 1 is 1.19 bits per heavy atom. The second-order valence-corrected chi connectivity index (χ2v) is 7.58. The van der Waals surface area contributed by atoms with Gasteiger partial charge in [0.1, 0.15) is 5.03 Å². The lowest BCUT2D eigenvalue weighted by Crippen LogP contribution is -2.13. The molecule has 16 heavy (non-hydrogen) atoms. The van der Waals surface area contributed by atoms with Crippen molar-refractivity contribution < 1.29 is 0 Å². The van der Waals surface area contributed by atoms with Crippen molar-refractivity contribution in [3.05, 3.63) is 11.8 Å². The molecular formula is C13H24N2S. The summed E-state index contributed by atoms with van der Waals surface area (Å²) in [4.78, 5) is 0. The molecule has 0 aliphatic rings. The van der Waals surface area contributed by atoms with E-state index >= 15 is 0 Å². The fourth-order valence-corrected chi connectivity index (χ4v) is 2.64. The minimum absolute atomic E-state index is 0.175. The Kier molecular flexibility index (Phi) is 3.78. The van der Waals surface area contributed by atoms with Crippen LogP contribution in [0.2, 0.25) is 0 Å². The molecule has 0 spiro atoms. The Morgan fingerprint density at radius 2 is 1.75 bits per heavy atom. The van der Waals surface area contributed by atoms with Crippen LogP contribution in [0.5, 0.6) is 0 Å². The van der Waals surface area contributed by atoms with Crippen LogP contribution >= 0.6 is 11.8 Å². The normalized spacial score (nSPS) is 13.2. The molecule has 0 amide bonds. The van der Waals surface area contributed by atoms with Gasteiger partial charge in [0.15, 0.2) is 0 Å². The number of thioether (sulfide) groups is 1. The molecule has 0 saturated heterocycles. The number of aromatic nitrogens is 2. The van der Waals surface area contributed by atoms with Crippen molar-refractivity contribution in [3.8, 4) is 0 Å². The summed E-state index contributed by atoms with van der Waals surface area (Å²) >= 11 is 1.87. The van der Waals surface area contributed by atoms with Crippen LogP contribution in [0.25, 0.3) is 0 Å². The van der Waals surface area contributed by atoms with Gasteiger partial charge in [0.2, 0.25) is 0 Å². The van der Waals surface area contributed by atoms with E-state index in [4.69, 9.17) is 0 Å². The molecule has 1 aromatic heterocycles. The fourth-order valence-electron chi connectivity index (χ4n) is 1.37. The van der Waals surface area contributed by atoms with E-state index in [1.165, 1.54) is 10.6 Å². The SMILES string of the molecule is Cn1cc(C(C)(C)C)c(SCC(C)(C)C)n1. The third-order valence-corrected chi connectivity index (χ3v) is 3.83. The summed E-state index contributed by atoms with van der Waals surface area (Å²) in [5, 5.41) is 5.74. The number of aryl methyl sites for hydroxylation is 1. The fraction of sp³-hybridized carbons (Fsp3) is 0.769. The number of hydrogen-bond donors (Lipinski definition) is 0. The van der Waals surface area contributed by atoms with Crippen LogP contribution in [0.1, 0.15) is 47.1 Å². The van der Waals surface area contributed by atoms with E-state index in [0.29, 0.717) is 5.41 Å². The molecule has 1 rings (SSSR count). The molecule has 0 saturated carbocycles. The minimum Gasteiger partial charge on any atom is -0.274 e. The highest BCUT2D eigenvalue weighted by Gasteiger charge is 2.22. The van der Waals surface area contributed by atoms with E-state index in [1.54, 1.807) is 0 Å². The van der Waals surface area contributed by atoms with Crippen molar-refractivity contribution in [2.75, 3.05) is 5.75 Å². The average Bonchev–Trinajstić information content (AvgIpc) is 2.41. The summed E-state index contributed by atoms with van der Waals surface area (Å²) in [6.45, 7) is 13.5. The summed E-state index contributed by atoms with van der Waals surface area (Å²) in [7, 11) is 2.00. The molecule has 1 heterocycles. The summed E-state index contributed by atoms with van der Waals surface area (Å²) in [5.74, 6) is 1.10. The largest absolute Gasteiger partial charge is 0.274 e. The van der Waals surface area contributed by atoms with E-state index < -0.39 is 0 Å². The highest BCUT2D eigenvalue weighted by atomic mass is 32.2. The predicted molar refractivity (Wildman–Crippen MR) is 72.1 cm³/mol. The Hall–Kier alpha value is -0.440. The predicted octanol–water partition coefficient (Wildman–Crippen LogP) is 3.86. The zero-order valence-corrected chi connectivity index (χ0v) is 12.4. The van der Waals surface area contributed by atoms with Crippen LogP contribution in [-0.4, -0.2) is 15.5 Å². The number of hydrogen-bond acceptors (Lipinski definition) is 2. The van der Waals surface area contributed by atoms with Gasteiger partial charge < -0.3 is 0 Å². The van der Waals surface area contributed by atoms with Gasteiger partial charge in [0, 0.05) is 24.6 Å². The molecule has 0 aliphatic heterocycles. The summed E-state index contributed by atoms with van der Waals surface area (Å²) in [5.41, 5.74) is 1.87. The smallest absolute Gasteiger partial charge is 0.122 e. The standard InChI is InChI=1S/C13H24N2S/c1-12(2,3)9-16-11-10(13(4,5)6)8-15(7)14-11/h8H,9H2,1-7H3. The van der Waals surface area contributed by atoms with Crippen molar-refractivity contribution >= 4 is 11.8 Å². The molecule has 1 aromatic rings. The minimum atomic E-state index is 0.175. The van der Waals surface area contributed by atoms with Gasteiger partial charge >= 0.3 is 0 Å². The topological polar surface area (TPSA) is 17.8 Å². The lowest BCUT2D eigenvalue weighted by Gasteiger charge is -2.20. The molecule has 0 unspecified atom stereocenters. The van der Waals surface area contributed by atoms with Gasteiger partial charge in [-0.15, -0.1) is 11.8 Å². The maximum absolute atomic E-state index is 4.56. The molecular weight excluding hydrogens is 216 g/mol. The number of rotatable bonds is 2. The Morgan fingerprint density at radius 3 is 2.19 bits per heavy atom. The van der Waals surface area contributed by atoms with E-state index in [1.807, 2.05) is 23.5 Å². The van der Waals surface area contributed by atoms with Gasteiger partial charge in [-0.3, -0.25) is 4.68 Å². The second kappa shape index (κ2) is 4.44. The zero-order chi connectivity index (χ0) is 12.6. The van der Waals surface area contributed by atoms with Crippen LogP contribution in [0, 0.1) is 5.41 Å². The van der Waals surface area contributed by atoms with Crippen LogP contribution in [0.3, 0.4) is 0 Å². The summed E-state index contributed by atoms with van der Waals surface area (Å²) < 4.78 is 1.92. The first-order valence-electron chi connectivity index (χ1n) is 5.76. The first-order valence-corrected chi connectivity index (χ1v) is 6.75. The first kappa shape index (κ1) is 13.6. The molecule has 0 aliphatic carbocycles. The second-order valence-electron chi connectivity index (χ2n) is 6.62. The van der Waals surface area contributed by atoms with Crippen molar-refractivity contribution in [2.45, 2.75) is 52.0 Å². The summed E-state index contributed by atoms with van der Waals surface area (Å²) in [6.07, 6.45) is 2.14. The Labute approximate surface area is 104 Å². The van der Waals surface area contributed by atoms with Gasteiger partial charge in [-0.1, -0.05) is 41.5 Å². The lowest BCUT2D eigenvalue weighted by atomic mass is 9.90. The molecule has 0 radical (unpaired) electrons. The molecule has 0 aromatic carbocycles. The Balaban J connectivity index is 2.88. The van der Waals surface area contributed by atoms with Crippen LogP contribution in [0.15, 0.2) is 11.2 Å². The quantitative estimate of drug-likeness (QED) is 0.731. The van der Waals surface area contributed by atoms with Gasteiger partial charge in [-0.05, 0) is 10.8 Å². The zero-order valence-electron chi connectivity index (χ0n) is 11.6.